The topological polar surface area (TPSA) is 61.0 Å². The number of aromatic nitrogens is 2. The van der Waals surface area contributed by atoms with Gasteiger partial charge in [0.25, 0.3) is 5.91 Å². The second kappa shape index (κ2) is 7.87. The number of fused-ring (bicyclic) bond motifs is 2. The van der Waals surface area contributed by atoms with Crippen LogP contribution < -0.4 is 5.32 Å². The van der Waals surface area contributed by atoms with E-state index in [0.717, 1.165) is 35.8 Å². The van der Waals surface area contributed by atoms with Gasteiger partial charge in [-0.3, -0.25) is 4.79 Å². The van der Waals surface area contributed by atoms with Gasteiger partial charge in [-0.25, -0.2) is 4.98 Å². The molecule has 8 heteroatoms. The molecule has 24 heavy (non-hydrogen) atoms. The minimum Gasteiger partial charge on any atom is -0.357 e. The van der Waals surface area contributed by atoms with Gasteiger partial charge in [-0.05, 0) is 32.3 Å². The maximum absolute atomic E-state index is 12.7. The second-order valence-electron chi connectivity index (χ2n) is 6.23. The van der Waals surface area contributed by atoms with Gasteiger partial charge in [0.15, 0.2) is 0 Å². The molecule has 2 aliphatic heterocycles. The van der Waals surface area contributed by atoms with Gasteiger partial charge in [0.2, 0.25) is 0 Å². The predicted molar refractivity (Wildman–Crippen MR) is 102 cm³/mol. The molecule has 2 unspecified atom stereocenters. The fraction of sp³-hybridized carbons (Fsp3) is 0.500. The van der Waals surface area contributed by atoms with Crippen molar-refractivity contribution in [2.75, 3.05) is 13.1 Å². The van der Waals surface area contributed by atoms with E-state index in [9.17, 15) is 4.79 Å². The van der Waals surface area contributed by atoms with Crippen molar-refractivity contribution in [2.24, 2.45) is 0 Å². The summed E-state index contributed by atoms with van der Waals surface area (Å²) in [5.41, 5.74) is 2.59. The van der Waals surface area contributed by atoms with Gasteiger partial charge in [0.05, 0.1) is 10.7 Å². The summed E-state index contributed by atoms with van der Waals surface area (Å²) in [5.74, 6) is 0.104. The first-order valence-corrected chi connectivity index (χ1v) is 8.73. The molecule has 2 fully saturated rings. The Balaban J connectivity index is 0.00000104. The number of rotatable bonds is 2. The van der Waals surface area contributed by atoms with Crippen LogP contribution in [0.2, 0.25) is 0 Å². The van der Waals surface area contributed by atoms with Crippen LogP contribution in [0.15, 0.2) is 17.6 Å². The number of H-pyrrole nitrogens is 1. The van der Waals surface area contributed by atoms with E-state index in [0.29, 0.717) is 17.8 Å². The maximum atomic E-state index is 12.7. The summed E-state index contributed by atoms with van der Waals surface area (Å²) in [7, 11) is 0. The quantitative estimate of drug-likeness (QED) is 0.829. The Morgan fingerprint density at radius 3 is 2.83 bits per heavy atom. The molecular weight excluding hydrogens is 367 g/mol. The number of hydrogen-bond donors (Lipinski definition) is 2. The fourth-order valence-corrected chi connectivity index (χ4v) is 4.08. The van der Waals surface area contributed by atoms with Crippen LogP contribution in [-0.4, -0.2) is 45.9 Å². The van der Waals surface area contributed by atoms with Crippen LogP contribution >= 0.6 is 36.2 Å². The van der Waals surface area contributed by atoms with Crippen LogP contribution in [0, 0.1) is 6.92 Å². The Kier molecular flexibility index (Phi) is 6.31. The summed E-state index contributed by atoms with van der Waals surface area (Å²) in [4.78, 5) is 22.3. The minimum absolute atomic E-state index is 0. The third-order valence-electron chi connectivity index (χ3n) is 4.64. The third-order valence-corrected chi connectivity index (χ3v) is 5.41. The largest absolute Gasteiger partial charge is 0.357 e. The first-order valence-electron chi connectivity index (χ1n) is 7.85. The lowest BCUT2D eigenvalue weighted by Gasteiger charge is -2.23. The van der Waals surface area contributed by atoms with E-state index in [1.54, 1.807) is 11.3 Å². The van der Waals surface area contributed by atoms with Gasteiger partial charge in [0, 0.05) is 42.3 Å². The molecule has 2 atom stereocenters. The van der Waals surface area contributed by atoms with Gasteiger partial charge in [-0.2, -0.15) is 0 Å². The number of nitrogens with one attached hydrogen (secondary N) is 2. The van der Waals surface area contributed by atoms with E-state index >= 15 is 0 Å². The highest BCUT2D eigenvalue weighted by molar-refractivity contribution is 7.09. The van der Waals surface area contributed by atoms with Crippen LogP contribution in [0.25, 0.3) is 11.3 Å². The van der Waals surface area contributed by atoms with Crippen LogP contribution in [0.5, 0.6) is 0 Å². The summed E-state index contributed by atoms with van der Waals surface area (Å²) in [6.07, 6.45) is 5.37. The molecule has 2 aliphatic rings. The number of aromatic amines is 1. The zero-order valence-electron chi connectivity index (χ0n) is 13.4. The molecule has 0 aromatic carbocycles. The van der Waals surface area contributed by atoms with E-state index in [4.69, 9.17) is 0 Å². The zero-order chi connectivity index (χ0) is 15.1. The molecule has 2 saturated heterocycles. The molecule has 4 heterocycles. The van der Waals surface area contributed by atoms with Gasteiger partial charge < -0.3 is 15.2 Å². The lowest BCUT2D eigenvalue weighted by molar-refractivity contribution is 0.0743. The van der Waals surface area contributed by atoms with Crippen molar-refractivity contribution in [1.82, 2.24) is 20.2 Å². The Bertz CT molecular complexity index is 702. The van der Waals surface area contributed by atoms with Crippen LogP contribution in [0.4, 0.5) is 0 Å². The smallest absolute Gasteiger partial charge is 0.270 e. The first-order chi connectivity index (χ1) is 10.7. The number of hydrogen-bond acceptors (Lipinski definition) is 4. The lowest BCUT2D eigenvalue weighted by atomic mass is 10.1. The Hall–Kier alpha value is -1.08. The number of likely N-dealkylation sites (tertiary alicyclic amines) is 1. The van der Waals surface area contributed by atoms with Gasteiger partial charge in [-0.15, -0.1) is 36.2 Å². The summed E-state index contributed by atoms with van der Waals surface area (Å²) in [6, 6.07) is 2.99. The summed E-state index contributed by atoms with van der Waals surface area (Å²) < 4.78 is 0. The Morgan fingerprint density at radius 1 is 1.29 bits per heavy atom. The standard InChI is InChI=1S/C16H20N4OS.2ClH/c1-10-18-15(9-22-10)11-6-14(17-7-11)16(21)20-5-4-12-2-3-13(8-20)19-12;;/h6-7,9,12-13,17,19H,2-5,8H2,1H3;2*1H. The van der Waals surface area contributed by atoms with Crippen molar-refractivity contribution >= 4 is 42.1 Å². The molecule has 2 aromatic rings. The third kappa shape index (κ3) is 3.77. The number of thiazole rings is 1. The molecule has 2 N–H and O–H groups in total. The Labute approximate surface area is 158 Å². The molecule has 1 amide bonds. The van der Waals surface area contributed by atoms with Gasteiger partial charge in [0.1, 0.15) is 5.69 Å². The molecule has 2 aromatic heterocycles. The number of nitrogens with zero attached hydrogens (tertiary/aromatic N) is 2. The normalized spacial score (nSPS) is 22.5. The number of amides is 1. The molecule has 0 radical (unpaired) electrons. The van der Waals surface area contributed by atoms with Gasteiger partial charge >= 0.3 is 0 Å². The highest BCUT2D eigenvalue weighted by Crippen LogP contribution is 2.24. The van der Waals surface area contributed by atoms with E-state index in [2.05, 4.69) is 15.3 Å². The van der Waals surface area contributed by atoms with Crippen molar-refractivity contribution in [2.45, 2.75) is 38.3 Å². The van der Waals surface area contributed by atoms with E-state index in [1.165, 1.54) is 12.8 Å². The van der Waals surface area contributed by atoms with Crippen molar-refractivity contribution in [3.05, 3.63) is 28.3 Å². The summed E-state index contributed by atoms with van der Waals surface area (Å²) >= 11 is 1.63. The molecule has 5 nitrogen and oxygen atoms in total. The SMILES string of the molecule is Cc1nc(-c2c[nH]c(C(=O)N3CCC4CCC(C3)N4)c2)cs1.Cl.Cl. The summed E-state index contributed by atoms with van der Waals surface area (Å²) in [5, 5.41) is 6.68. The van der Waals surface area contributed by atoms with E-state index in [1.807, 2.05) is 29.5 Å². The Morgan fingerprint density at radius 2 is 2.08 bits per heavy atom. The van der Waals surface area contributed by atoms with Crippen molar-refractivity contribution < 1.29 is 4.79 Å². The average molecular weight is 389 g/mol. The number of carbonyl (C=O) groups excluding carboxylic acids is 1. The number of carbonyl (C=O) groups is 1. The highest BCUT2D eigenvalue weighted by Gasteiger charge is 2.31. The van der Waals surface area contributed by atoms with Crippen molar-refractivity contribution in [3.63, 3.8) is 0 Å². The lowest BCUT2D eigenvalue weighted by Crippen LogP contribution is -2.39. The van der Waals surface area contributed by atoms with Crippen LogP contribution in [-0.2, 0) is 0 Å². The van der Waals surface area contributed by atoms with E-state index < -0.39 is 0 Å². The maximum Gasteiger partial charge on any atom is 0.270 e. The number of aryl methyl sites for hydroxylation is 1. The fourth-order valence-electron chi connectivity index (χ4n) is 3.46. The molecular formula is C16H22Cl2N4OS. The van der Waals surface area contributed by atoms with E-state index in [-0.39, 0.29) is 30.7 Å². The van der Waals surface area contributed by atoms with Crippen molar-refractivity contribution in [1.29, 1.82) is 0 Å². The van der Waals surface area contributed by atoms with Crippen LogP contribution in [0.3, 0.4) is 0 Å². The first kappa shape index (κ1) is 19.2. The highest BCUT2D eigenvalue weighted by atomic mass is 35.5. The monoisotopic (exact) mass is 388 g/mol. The predicted octanol–water partition coefficient (Wildman–Crippen LogP) is 3.26. The zero-order valence-corrected chi connectivity index (χ0v) is 15.9. The molecule has 132 valence electrons. The molecule has 0 saturated carbocycles. The molecule has 2 bridgehead atoms. The minimum atomic E-state index is 0. The number of halogens is 2. The average Bonchev–Trinajstić information content (AvgIpc) is 3.18. The van der Waals surface area contributed by atoms with Gasteiger partial charge in [-0.1, -0.05) is 0 Å². The van der Waals surface area contributed by atoms with Crippen molar-refractivity contribution in [3.8, 4) is 11.3 Å². The molecule has 0 spiro atoms. The molecule has 4 rings (SSSR count). The van der Waals surface area contributed by atoms with Crippen LogP contribution in [0.1, 0.15) is 34.8 Å². The second-order valence-corrected chi connectivity index (χ2v) is 7.29. The summed E-state index contributed by atoms with van der Waals surface area (Å²) in [6.45, 7) is 3.66. The molecule has 0 aliphatic carbocycles.